The normalized spacial score (nSPS) is 22.5. The van der Waals surface area contributed by atoms with Crippen LogP contribution >= 0.6 is 0 Å². The van der Waals surface area contributed by atoms with Crippen LogP contribution in [0, 0.1) is 22.5 Å². The van der Waals surface area contributed by atoms with Crippen LogP contribution in [0.2, 0.25) is 0 Å². The van der Waals surface area contributed by atoms with E-state index in [0.29, 0.717) is 19.5 Å². The number of nitrogens with two attached hydrogens (primary N) is 1. The average molecular weight is 327 g/mol. The van der Waals surface area contributed by atoms with Crippen molar-refractivity contribution >= 4 is 15.7 Å². The van der Waals surface area contributed by atoms with E-state index in [1.165, 1.54) is 29.4 Å². The van der Waals surface area contributed by atoms with E-state index in [1.807, 2.05) is 13.8 Å². The van der Waals surface area contributed by atoms with Crippen LogP contribution in [0.5, 0.6) is 0 Å². The fourth-order valence-corrected chi connectivity index (χ4v) is 4.62. The van der Waals surface area contributed by atoms with Crippen LogP contribution < -0.4 is 5.73 Å². The van der Waals surface area contributed by atoms with Crippen molar-refractivity contribution in [2.75, 3.05) is 13.1 Å². The van der Waals surface area contributed by atoms with Gasteiger partial charge >= 0.3 is 0 Å². The highest BCUT2D eigenvalue weighted by atomic mass is 32.2. The van der Waals surface area contributed by atoms with Gasteiger partial charge in [-0.15, -0.1) is 0 Å². The van der Waals surface area contributed by atoms with E-state index in [-0.39, 0.29) is 27.6 Å². The van der Waals surface area contributed by atoms with Crippen LogP contribution in [0.3, 0.4) is 0 Å². The Morgan fingerprint density at radius 2 is 2.05 bits per heavy atom. The molecule has 0 spiro atoms. The van der Waals surface area contributed by atoms with Crippen molar-refractivity contribution in [2.24, 2.45) is 11.1 Å². The van der Waals surface area contributed by atoms with Crippen molar-refractivity contribution in [1.29, 1.82) is 0 Å². The molecule has 2 N–H and O–H groups in total. The highest BCUT2D eigenvalue weighted by molar-refractivity contribution is 7.89. The Balaban J connectivity index is 2.44. The molecule has 1 atom stereocenters. The maximum atomic E-state index is 12.8. The zero-order valence-corrected chi connectivity index (χ0v) is 13.8. The largest absolute Gasteiger partial charge is 0.327 e. The Kier molecular flexibility index (Phi) is 4.29. The summed E-state index contributed by atoms with van der Waals surface area (Å²) in [4.78, 5) is 10.4. The third kappa shape index (κ3) is 2.86. The van der Waals surface area contributed by atoms with E-state index in [2.05, 4.69) is 0 Å². The maximum Gasteiger partial charge on any atom is 0.273 e. The minimum atomic E-state index is -3.77. The molecule has 0 bridgehead atoms. The highest BCUT2D eigenvalue weighted by Crippen LogP contribution is 2.33. The average Bonchev–Trinajstić information content (AvgIpc) is 2.41. The summed E-state index contributed by atoms with van der Waals surface area (Å²) < 4.78 is 27.1. The SMILES string of the molecule is Cc1c([N+](=O)[O-])cccc1S(=O)(=O)N1CCC(N)C(C)(C)C1. The fourth-order valence-electron chi connectivity index (χ4n) is 2.75. The van der Waals surface area contributed by atoms with Crippen molar-refractivity contribution in [2.45, 2.75) is 38.1 Å². The van der Waals surface area contributed by atoms with Gasteiger partial charge in [-0.05, 0) is 24.8 Å². The standard InChI is InChI=1S/C14H21N3O4S/c1-10-11(17(18)19)5-4-6-12(10)22(20,21)16-8-7-13(15)14(2,3)9-16/h4-6,13H,7-9,15H2,1-3H3. The molecular weight excluding hydrogens is 306 g/mol. The number of benzene rings is 1. The number of nitrogens with zero attached hydrogens (tertiary/aromatic N) is 2. The molecule has 1 unspecified atom stereocenters. The summed E-state index contributed by atoms with van der Waals surface area (Å²) in [6.45, 7) is 5.96. The van der Waals surface area contributed by atoms with Gasteiger partial charge in [-0.1, -0.05) is 19.9 Å². The topological polar surface area (TPSA) is 107 Å². The van der Waals surface area contributed by atoms with Gasteiger partial charge in [0.05, 0.1) is 9.82 Å². The predicted octanol–water partition coefficient (Wildman–Crippen LogP) is 1.65. The predicted molar refractivity (Wildman–Crippen MR) is 83.0 cm³/mol. The first-order chi connectivity index (χ1) is 10.1. The molecule has 0 aromatic heterocycles. The lowest BCUT2D eigenvalue weighted by Gasteiger charge is -2.41. The van der Waals surface area contributed by atoms with Crippen molar-refractivity contribution in [3.8, 4) is 0 Å². The van der Waals surface area contributed by atoms with E-state index in [0.717, 1.165) is 0 Å². The van der Waals surface area contributed by atoms with Crippen LogP contribution in [-0.4, -0.2) is 36.8 Å². The first-order valence-electron chi connectivity index (χ1n) is 7.07. The zero-order chi connectivity index (χ0) is 16.7. The molecule has 1 aliphatic heterocycles. The third-order valence-electron chi connectivity index (χ3n) is 4.35. The molecule has 1 fully saturated rings. The second kappa shape index (κ2) is 5.60. The van der Waals surface area contributed by atoms with E-state index >= 15 is 0 Å². The lowest BCUT2D eigenvalue weighted by atomic mass is 9.81. The number of hydrogen-bond acceptors (Lipinski definition) is 5. The minimum absolute atomic E-state index is 0.00651. The molecule has 22 heavy (non-hydrogen) atoms. The summed E-state index contributed by atoms with van der Waals surface area (Å²) in [5.74, 6) is 0. The molecule has 122 valence electrons. The van der Waals surface area contributed by atoms with Crippen LogP contribution in [0.25, 0.3) is 0 Å². The molecule has 1 saturated heterocycles. The summed E-state index contributed by atoms with van der Waals surface area (Å²) in [5, 5.41) is 11.0. The van der Waals surface area contributed by atoms with E-state index in [9.17, 15) is 18.5 Å². The molecule has 1 heterocycles. The van der Waals surface area contributed by atoms with Crippen molar-refractivity contribution in [1.82, 2.24) is 4.31 Å². The van der Waals surface area contributed by atoms with Gasteiger partial charge in [0, 0.05) is 30.8 Å². The van der Waals surface area contributed by atoms with Gasteiger partial charge in [-0.2, -0.15) is 4.31 Å². The number of nitro benzene ring substituents is 1. The summed E-state index contributed by atoms with van der Waals surface area (Å²) in [7, 11) is -3.77. The molecule has 0 amide bonds. The molecule has 0 radical (unpaired) electrons. The lowest BCUT2D eigenvalue weighted by molar-refractivity contribution is -0.385. The van der Waals surface area contributed by atoms with Crippen LogP contribution in [0.1, 0.15) is 25.8 Å². The first-order valence-corrected chi connectivity index (χ1v) is 8.51. The quantitative estimate of drug-likeness (QED) is 0.671. The Morgan fingerprint density at radius 1 is 1.41 bits per heavy atom. The van der Waals surface area contributed by atoms with Gasteiger partial charge in [0.2, 0.25) is 10.0 Å². The zero-order valence-electron chi connectivity index (χ0n) is 12.9. The molecule has 1 aromatic carbocycles. The van der Waals surface area contributed by atoms with Crippen molar-refractivity contribution < 1.29 is 13.3 Å². The van der Waals surface area contributed by atoms with E-state index in [4.69, 9.17) is 5.73 Å². The first kappa shape index (κ1) is 16.9. The van der Waals surface area contributed by atoms with E-state index in [1.54, 1.807) is 0 Å². The van der Waals surface area contributed by atoms with Crippen molar-refractivity contribution in [3.63, 3.8) is 0 Å². The van der Waals surface area contributed by atoms with Gasteiger partial charge in [-0.3, -0.25) is 10.1 Å². The molecule has 0 aliphatic carbocycles. The molecular formula is C14H21N3O4S. The number of rotatable bonds is 3. The highest BCUT2D eigenvalue weighted by Gasteiger charge is 2.39. The van der Waals surface area contributed by atoms with Crippen LogP contribution in [0.15, 0.2) is 23.1 Å². The van der Waals surface area contributed by atoms with Gasteiger partial charge in [0.1, 0.15) is 0 Å². The van der Waals surface area contributed by atoms with Gasteiger partial charge in [0.25, 0.3) is 5.69 Å². The Morgan fingerprint density at radius 3 is 2.59 bits per heavy atom. The fraction of sp³-hybridized carbons (Fsp3) is 0.571. The van der Waals surface area contributed by atoms with Gasteiger partial charge in [0.15, 0.2) is 0 Å². The maximum absolute atomic E-state index is 12.8. The van der Waals surface area contributed by atoms with Gasteiger partial charge < -0.3 is 5.73 Å². The summed E-state index contributed by atoms with van der Waals surface area (Å²) in [6, 6.07) is 4.06. The van der Waals surface area contributed by atoms with Crippen LogP contribution in [-0.2, 0) is 10.0 Å². The van der Waals surface area contributed by atoms with Crippen molar-refractivity contribution in [3.05, 3.63) is 33.9 Å². The molecule has 1 aromatic rings. The molecule has 7 nitrogen and oxygen atoms in total. The monoisotopic (exact) mass is 327 g/mol. The summed E-state index contributed by atoms with van der Waals surface area (Å²) in [5.41, 5.74) is 5.69. The third-order valence-corrected chi connectivity index (χ3v) is 6.34. The lowest BCUT2D eigenvalue weighted by Crippen LogP contribution is -2.53. The summed E-state index contributed by atoms with van der Waals surface area (Å²) in [6.07, 6.45) is 0.570. The Labute approximate surface area is 130 Å². The number of hydrogen-bond donors (Lipinski definition) is 1. The molecule has 2 rings (SSSR count). The van der Waals surface area contributed by atoms with E-state index < -0.39 is 14.9 Å². The summed E-state index contributed by atoms with van der Waals surface area (Å²) >= 11 is 0. The second-order valence-corrected chi connectivity index (χ2v) is 8.29. The number of sulfonamides is 1. The number of nitro groups is 1. The Bertz CT molecular complexity index is 700. The van der Waals surface area contributed by atoms with Crippen LogP contribution in [0.4, 0.5) is 5.69 Å². The molecule has 0 saturated carbocycles. The molecule has 1 aliphatic rings. The second-order valence-electron chi connectivity index (χ2n) is 6.38. The smallest absolute Gasteiger partial charge is 0.273 e. The van der Waals surface area contributed by atoms with Gasteiger partial charge in [-0.25, -0.2) is 8.42 Å². The minimum Gasteiger partial charge on any atom is -0.327 e. The number of piperidine rings is 1. The Hall–Kier alpha value is -1.51. The molecule has 8 heteroatoms.